The maximum atomic E-state index is 11.3. The fourth-order valence-corrected chi connectivity index (χ4v) is 1.47. The van der Waals surface area contributed by atoms with Crippen LogP contribution in [-0.4, -0.2) is 24.4 Å². The molecule has 0 unspecified atom stereocenters. The molecule has 0 aliphatic rings. The highest BCUT2D eigenvalue weighted by Gasteiger charge is 2.03. The summed E-state index contributed by atoms with van der Waals surface area (Å²) < 4.78 is 5.06. The molecular formula is C13H19NO3. The van der Waals surface area contributed by atoms with Crippen molar-refractivity contribution in [1.82, 2.24) is 5.32 Å². The Kier molecular flexibility index (Phi) is 5.49. The van der Waals surface area contributed by atoms with Crippen LogP contribution in [0.3, 0.4) is 0 Å². The number of rotatable bonds is 5. The van der Waals surface area contributed by atoms with Crippen LogP contribution in [0.5, 0.6) is 0 Å². The molecule has 2 N–H and O–H groups in total. The molecule has 0 aliphatic heterocycles. The second kappa shape index (κ2) is 6.91. The number of alkyl carbamates (subject to hydrolysis) is 1. The number of amides is 1. The number of ether oxygens (including phenoxy) is 1. The van der Waals surface area contributed by atoms with Crippen LogP contribution in [0.4, 0.5) is 4.79 Å². The SMILES string of the molecule is Cc1ccc(COC(=O)NCCCO)c(C)c1. The van der Waals surface area contributed by atoms with Gasteiger partial charge in [0, 0.05) is 13.2 Å². The van der Waals surface area contributed by atoms with Gasteiger partial charge in [0.1, 0.15) is 6.61 Å². The Morgan fingerprint density at radius 3 is 2.82 bits per heavy atom. The lowest BCUT2D eigenvalue weighted by atomic mass is 10.1. The van der Waals surface area contributed by atoms with Gasteiger partial charge in [-0.15, -0.1) is 0 Å². The minimum absolute atomic E-state index is 0.0668. The predicted octanol–water partition coefficient (Wildman–Crippen LogP) is 1.91. The van der Waals surface area contributed by atoms with E-state index >= 15 is 0 Å². The standard InChI is InChI=1S/C13H19NO3/c1-10-4-5-12(11(2)8-10)9-17-13(16)14-6-3-7-15/h4-5,8,15H,3,6-7,9H2,1-2H3,(H,14,16). The van der Waals surface area contributed by atoms with Crippen LogP contribution in [0, 0.1) is 13.8 Å². The van der Waals surface area contributed by atoms with Crippen molar-refractivity contribution in [2.75, 3.05) is 13.2 Å². The van der Waals surface area contributed by atoms with E-state index in [1.54, 1.807) is 0 Å². The van der Waals surface area contributed by atoms with Crippen molar-refractivity contribution in [3.63, 3.8) is 0 Å². The van der Waals surface area contributed by atoms with Gasteiger partial charge in [0.25, 0.3) is 0 Å². The van der Waals surface area contributed by atoms with Crippen LogP contribution in [0.1, 0.15) is 23.1 Å². The summed E-state index contributed by atoms with van der Waals surface area (Å²) in [6, 6.07) is 6.02. The second-order valence-electron chi connectivity index (χ2n) is 4.01. The number of aryl methyl sites for hydroxylation is 2. The van der Waals surface area contributed by atoms with Crippen LogP contribution in [-0.2, 0) is 11.3 Å². The van der Waals surface area contributed by atoms with Crippen molar-refractivity contribution >= 4 is 6.09 Å². The van der Waals surface area contributed by atoms with E-state index < -0.39 is 6.09 Å². The van der Waals surface area contributed by atoms with Gasteiger partial charge >= 0.3 is 6.09 Å². The van der Waals surface area contributed by atoms with E-state index in [0.29, 0.717) is 13.0 Å². The van der Waals surface area contributed by atoms with Crippen LogP contribution in [0.25, 0.3) is 0 Å². The first-order chi connectivity index (χ1) is 8.13. The summed E-state index contributed by atoms with van der Waals surface area (Å²) in [7, 11) is 0. The maximum Gasteiger partial charge on any atom is 0.407 e. The number of hydrogen-bond acceptors (Lipinski definition) is 3. The van der Waals surface area contributed by atoms with Gasteiger partial charge in [0.05, 0.1) is 0 Å². The molecule has 0 aliphatic carbocycles. The highest BCUT2D eigenvalue weighted by molar-refractivity contribution is 5.67. The number of carbonyl (C=O) groups excluding carboxylic acids is 1. The average Bonchev–Trinajstić information content (AvgIpc) is 2.28. The van der Waals surface area contributed by atoms with Gasteiger partial charge in [-0.1, -0.05) is 23.8 Å². The fourth-order valence-electron chi connectivity index (χ4n) is 1.47. The van der Waals surface area contributed by atoms with Crippen LogP contribution in [0.15, 0.2) is 18.2 Å². The Labute approximate surface area is 102 Å². The third-order valence-corrected chi connectivity index (χ3v) is 2.46. The summed E-state index contributed by atoms with van der Waals surface area (Å²) >= 11 is 0. The summed E-state index contributed by atoms with van der Waals surface area (Å²) in [5.41, 5.74) is 3.32. The molecule has 0 spiro atoms. The average molecular weight is 237 g/mol. The fraction of sp³-hybridized carbons (Fsp3) is 0.462. The van der Waals surface area contributed by atoms with Crippen molar-refractivity contribution in [2.24, 2.45) is 0 Å². The van der Waals surface area contributed by atoms with Crippen LogP contribution in [0.2, 0.25) is 0 Å². The first-order valence-corrected chi connectivity index (χ1v) is 5.71. The van der Waals surface area contributed by atoms with Crippen LogP contribution < -0.4 is 5.32 Å². The van der Waals surface area contributed by atoms with Crippen LogP contribution >= 0.6 is 0 Å². The van der Waals surface area contributed by atoms with E-state index in [1.807, 2.05) is 26.0 Å². The topological polar surface area (TPSA) is 58.6 Å². The van der Waals surface area contributed by atoms with Gasteiger partial charge in [0.15, 0.2) is 0 Å². The lowest BCUT2D eigenvalue weighted by molar-refractivity contribution is 0.138. The highest BCUT2D eigenvalue weighted by Crippen LogP contribution is 2.11. The largest absolute Gasteiger partial charge is 0.445 e. The monoisotopic (exact) mass is 237 g/mol. The molecule has 0 fully saturated rings. The van der Waals surface area contributed by atoms with E-state index in [-0.39, 0.29) is 13.2 Å². The molecule has 0 saturated carbocycles. The Bertz CT molecular complexity index is 377. The van der Waals surface area contributed by atoms with Gasteiger partial charge in [0.2, 0.25) is 0 Å². The summed E-state index contributed by atoms with van der Waals surface area (Å²) in [6.45, 7) is 4.80. The molecule has 1 amide bonds. The molecule has 0 bridgehead atoms. The molecular weight excluding hydrogens is 218 g/mol. The number of aliphatic hydroxyl groups is 1. The maximum absolute atomic E-state index is 11.3. The zero-order chi connectivity index (χ0) is 12.7. The lowest BCUT2D eigenvalue weighted by Crippen LogP contribution is -2.25. The minimum Gasteiger partial charge on any atom is -0.445 e. The molecule has 0 radical (unpaired) electrons. The smallest absolute Gasteiger partial charge is 0.407 e. The van der Waals surface area contributed by atoms with E-state index in [9.17, 15) is 4.79 Å². The Morgan fingerprint density at radius 2 is 2.18 bits per heavy atom. The van der Waals surface area contributed by atoms with Gasteiger partial charge in [-0.05, 0) is 31.4 Å². The third-order valence-electron chi connectivity index (χ3n) is 2.46. The van der Waals surface area contributed by atoms with Crippen molar-refractivity contribution in [3.8, 4) is 0 Å². The molecule has 0 heterocycles. The molecule has 0 atom stereocenters. The van der Waals surface area contributed by atoms with Crippen molar-refractivity contribution in [1.29, 1.82) is 0 Å². The Hall–Kier alpha value is -1.55. The molecule has 1 aromatic carbocycles. The Morgan fingerprint density at radius 1 is 1.41 bits per heavy atom. The molecule has 0 saturated heterocycles. The lowest BCUT2D eigenvalue weighted by Gasteiger charge is -2.09. The summed E-state index contributed by atoms with van der Waals surface area (Å²) in [6.07, 6.45) is 0.0944. The molecule has 17 heavy (non-hydrogen) atoms. The molecule has 94 valence electrons. The number of nitrogens with one attached hydrogen (secondary N) is 1. The van der Waals surface area contributed by atoms with E-state index in [1.165, 1.54) is 5.56 Å². The molecule has 4 heteroatoms. The van der Waals surface area contributed by atoms with Crippen molar-refractivity contribution in [2.45, 2.75) is 26.9 Å². The van der Waals surface area contributed by atoms with Crippen molar-refractivity contribution < 1.29 is 14.6 Å². The molecule has 0 aromatic heterocycles. The van der Waals surface area contributed by atoms with Gasteiger partial charge in [-0.25, -0.2) is 4.79 Å². The number of aliphatic hydroxyl groups excluding tert-OH is 1. The quantitative estimate of drug-likeness (QED) is 0.769. The number of carbonyl (C=O) groups is 1. The van der Waals surface area contributed by atoms with Gasteiger partial charge < -0.3 is 15.2 Å². The van der Waals surface area contributed by atoms with E-state index in [2.05, 4.69) is 11.4 Å². The zero-order valence-corrected chi connectivity index (χ0v) is 10.3. The van der Waals surface area contributed by atoms with E-state index in [4.69, 9.17) is 9.84 Å². The molecule has 1 rings (SSSR count). The third kappa shape index (κ3) is 4.87. The Balaban J connectivity index is 2.37. The number of hydrogen-bond donors (Lipinski definition) is 2. The summed E-state index contributed by atoms with van der Waals surface area (Å²) in [5.74, 6) is 0. The first kappa shape index (κ1) is 13.5. The molecule has 4 nitrogen and oxygen atoms in total. The summed E-state index contributed by atoms with van der Waals surface area (Å²) in [5, 5.41) is 11.1. The second-order valence-corrected chi connectivity index (χ2v) is 4.01. The minimum atomic E-state index is -0.446. The predicted molar refractivity (Wildman–Crippen MR) is 65.8 cm³/mol. The van der Waals surface area contributed by atoms with Gasteiger partial charge in [-0.2, -0.15) is 0 Å². The normalized spacial score (nSPS) is 10.1. The van der Waals surface area contributed by atoms with E-state index in [0.717, 1.165) is 11.1 Å². The van der Waals surface area contributed by atoms with Crippen molar-refractivity contribution in [3.05, 3.63) is 34.9 Å². The summed E-state index contributed by atoms with van der Waals surface area (Å²) in [4.78, 5) is 11.3. The zero-order valence-electron chi connectivity index (χ0n) is 10.3. The first-order valence-electron chi connectivity index (χ1n) is 5.71. The highest BCUT2D eigenvalue weighted by atomic mass is 16.5. The number of benzene rings is 1. The molecule has 1 aromatic rings. The van der Waals surface area contributed by atoms with Gasteiger partial charge in [-0.3, -0.25) is 0 Å².